The highest BCUT2D eigenvalue weighted by Crippen LogP contribution is 2.49. The van der Waals surface area contributed by atoms with Crippen LogP contribution >= 0.6 is 0 Å². The Labute approximate surface area is 93.2 Å². The molecule has 0 heterocycles. The van der Waals surface area contributed by atoms with Gasteiger partial charge in [-0.05, 0) is 12.8 Å². The van der Waals surface area contributed by atoms with Crippen molar-refractivity contribution < 1.29 is 36.6 Å². The summed E-state index contributed by atoms with van der Waals surface area (Å²) in [5.41, 5.74) is -6.95. The molecule has 0 amide bonds. The van der Waals surface area contributed by atoms with Crippen molar-refractivity contribution in [3.63, 3.8) is 0 Å². The smallest absolute Gasteiger partial charge is 0.390 e. The van der Waals surface area contributed by atoms with Crippen LogP contribution in [0.25, 0.3) is 0 Å². The van der Waals surface area contributed by atoms with Crippen LogP contribution in [0.3, 0.4) is 0 Å². The second kappa shape index (κ2) is 4.01. The van der Waals surface area contributed by atoms with E-state index in [0.29, 0.717) is 12.8 Å². The van der Waals surface area contributed by atoms with Crippen LogP contribution in [-0.4, -0.2) is 33.8 Å². The van der Waals surface area contributed by atoms with Gasteiger partial charge in [0.25, 0.3) is 5.60 Å². The predicted molar refractivity (Wildman–Crippen MR) is 45.1 cm³/mol. The second-order valence-corrected chi connectivity index (χ2v) is 4.46. The molecule has 1 rings (SSSR count). The molecule has 2 nitrogen and oxygen atoms in total. The van der Waals surface area contributed by atoms with Crippen LogP contribution in [0.4, 0.5) is 26.3 Å². The number of hydrogen-bond donors (Lipinski definition) is 2. The van der Waals surface area contributed by atoms with Gasteiger partial charge in [0.05, 0.1) is 5.60 Å². The maximum absolute atomic E-state index is 12.3. The zero-order valence-electron chi connectivity index (χ0n) is 8.70. The molecule has 0 radical (unpaired) electrons. The molecule has 0 atom stereocenters. The van der Waals surface area contributed by atoms with Crippen molar-refractivity contribution in [2.75, 3.05) is 0 Å². The van der Waals surface area contributed by atoms with Gasteiger partial charge in [-0.25, -0.2) is 0 Å². The van der Waals surface area contributed by atoms with Gasteiger partial charge in [0.15, 0.2) is 0 Å². The first kappa shape index (κ1) is 14.6. The van der Waals surface area contributed by atoms with Gasteiger partial charge in [0.1, 0.15) is 0 Å². The van der Waals surface area contributed by atoms with Gasteiger partial charge in [-0.2, -0.15) is 26.3 Å². The fourth-order valence-corrected chi connectivity index (χ4v) is 2.05. The molecule has 102 valence electrons. The van der Waals surface area contributed by atoms with Crippen LogP contribution in [0.15, 0.2) is 0 Å². The SMILES string of the molecule is OC1(CC(O)(C(F)(F)F)C(F)(F)F)CCCC1. The lowest BCUT2D eigenvalue weighted by molar-refractivity contribution is -0.378. The standard InChI is InChI=1S/C9H12F6O2/c10-8(11,12)7(17,9(13,14)15)5-6(16)3-1-2-4-6/h16-17H,1-5H2. The van der Waals surface area contributed by atoms with E-state index < -0.39 is 30.0 Å². The number of rotatable bonds is 2. The molecule has 0 unspecified atom stereocenters. The molecule has 0 saturated heterocycles. The van der Waals surface area contributed by atoms with Crippen LogP contribution in [0, 0.1) is 0 Å². The van der Waals surface area contributed by atoms with E-state index >= 15 is 0 Å². The van der Waals surface area contributed by atoms with Crippen LogP contribution < -0.4 is 0 Å². The van der Waals surface area contributed by atoms with Crippen molar-refractivity contribution in [1.29, 1.82) is 0 Å². The quantitative estimate of drug-likeness (QED) is 0.754. The van der Waals surface area contributed by atoms with Gasteiger partial charge in [0, 0.05) is 6.42 Å². The van der Waals surface area contributed by atoms with E-state index in [-0.39, 0.29) is 12.8 Å². The number of alkyl halides is 6. The molecule has 0 aromatic rings. The first-order valence-corrected chi connectivity index (χ1v) is 5.00. The number of hydrogen-bond acceptors (Lipinski definition) is 2. The normalized spacial score (nSPS) is 21.9. The third-order valence-corrected chi connectivity index (χ3v) is 3.06. The molecule has 1 aliphatic rings. The van der Waals surface area contributed by atoms with Gasteiger partial charge in [-0.15, -0.1) is 0 Å². The summed E-state index contributed by atoms with van der Waals surface area (Å²) >= 11 is 0. The van der Waals surface area contributed by atoms with E-state index in [1.54, 1.807) is 0 Å². The van der Waals surface area contributed by atoms with Crippen molar-refractivity contribution in [2.45, 2.75) is 55.7 Å². The maximum atomic E-state index is 12.3. The Kier molecular flexibility index (Phi) is 3.44. The van der Waals surface area contributed by atoms with Crippen molar-refractivity contribution in [1.82, 2.24) is 0 Å². The molecular weight excluding hydrogens is 254 g/mol. The Bertz CT molecular complexity index is 262. The van der Waals surface area contributed by atoms with E-state index in [9.17, 15) is 31.4 Å². The summed E-state index contributed by atoms with van der Waals surface area (Å²) in [6.45, 7) is 0. The highest BCUT2D eigenvalue weighted by Gasteiger charge is 2.72. The molecule has 1 aliphatic carbocycles. The first-order valence-electron chi connectivity index (χ1n) is 5.00. The molecule has 0 aromatic heterocycles. The monoisotopic (exact) mass is 266 g/mol. The summed E-state index contributed by atoms with van der Waals surface area (Å²) in [5, 5.41) is 18.5. The average Bonchev–Trinajstić information content (AvgIpc) is 2.47. The molecule has 1 saturated carbocycles. The molecule has 0 aliphatic heterocycles. The molecule has 2 N–H and O–H groups in total. The Morgan fingerprint density at radius 1 is 0.882 bits per heavy atom. The number of aliphatic hydroxyl groups is 2. The minimum Gasteiger partial charge on any atom is -0.390 e. The maximum Gasteiger partial charge on any atom is 0.426 e. The summed E-state index contributed by atoms with van der Waals surface area (Å²) in [7, 11) is 0. The Morgan fingerprint density at radius 2 is 1.24 bits per heavy atom. The fraction of sp³-hybridized carbons (Fsp3) is 1.00. The van der Waals surface area contributed by atoms with Crippen LogP contribution in [0.1, 0.15) is 32.1 Å². The number of halogens is 6. The molecular formula is C9H12F6O2. The molecule has 8 heteroatoms. The first-order chi connectivity index (χ1) is 7.41. The molecule has 0 bridgehead atoms. The van der Waals surface area contributed by atoms with Crippen LogP contribution in [-0.2, 0) is 0 Å². The van der Waals surface area contributed by atoms with E-state index in [2.05, 4.69) is 0 Å². The summed E-state index contributed by atoms with van der Waals surface area (Å²) in [6.07, 6.45) is -13.1. The van der Waals surface area contributed by atoms with E-state index in [1.807, 2.05) is 0 Å². The zero-order valence-corrected chi connectivity index (χ0v) is 8.70. The van der Waals surface area contributed by atoms with Crippen LogP contribution in [0.2, 0.25) is 0 Å². The summed E-state index contributed by atoms with van der Waals surface area (Å²) in [5.74, 6) is 0. The molecule has 0 spiro atoms. The minimum absolute atomic E-state index is 0.165. The van der Waals surface area contributed by atoms with Gasteiger partial charge < -0.3 is 10.2 Å². The predicted octanol–water partition coefficient (Wildman–Crippen LogP) is 2.54. The fourth-order valence-electron chi connectivity index (χ4n) is 2.05. The Hall–Kier alpha value is -0.500. The van der Waals surface area contributed by atoms with Gasteiger partial charge in [-0.3, -0.25) is 0 Å². The van der Waals surface area contributed by atoms with Crippen molar-refractivity contribution in [2.24, 2.45) is 0 Å². The largest absolute Gasteiger partial charge is 0.426 e. The summed E-state index contributed by atoms with van der Waals surface area (Å²) < 4.78 is 74.1. The Balaban J connectivity index is 3.01. The minimum atomic E-state index is -5.86. The third kappa shape index (κ3) is 2.67. The molecule has 1 fully saturated rings. The van der Waals surface area contributed by atoms with Gasteiger partial charge in [0.2, 0.25) is 0 Å². The van der Waals surface area contributed by atoms with Crippen molar-refractivity contribution in [3.05, 3.63) is 0 Å². The lowest BCUT2D eigenvalue weighted by atomic mass is 9.84. The highest BCUT2D eigenvalue weighted by molar-refractivity contribution is 5.01. The summed E-state index contributed by atoms with van der Waals surface area (Å²) in [6, 6.07) is 0. The lowest BCUT2D eigenvalue weighted by Crippen LogP contribution is -2.60. The van der Waals surface area contributed by atoms with E-state index in [0.717, 1.165) is 0 Å². The highest BCUT2D eigenvalue weighted by atomic mass is 19.4. The average molecular weight is 266 g/mol. The topological polar surface area (TPSA) is 40.5 Å². The molecule has 0 aromatic carbocycles. The van der Waals surface area contributed by atoms with E-state index in [1.165, 1.54) is 0 Å². The third-order valence-electron chi connectivity index (χ3n) is 3.06. The van der Waals surface area contributed by atoms with Gasteiger partial charge in [-0.1, -0.05) is 12.8 Å². The second-order valence-electron chi connectivity index (χ2n) is 4.46. The molecule has 17 heavy (non-hydrogen) atoms. The van der Waals surface area contributed by atoms with E-state index in [4.69, 9.17) is 5.11 Å². The van der Waals surface area contributed by atoms with Crippen molar-refractivity contribution in [3.8, 4) is 0 Å². The lowest BCUT2D eigenvalue weighted by Gasteiger charge is -2.37. The van der Waals surface area contributed by atoms with Gasteiger partial charge >= 0.3 is 12.4 Å². The van der Waals surface area contributed by atoms with Crippen molar-refractivity contribution >= 4 is 0 Å². The summed E-state index contributed by atoms with van der Waals surface area (Å²) in [4.78, 5) is 0. The zero-order chi connectivity index (χ0) is 13.5. The van der Waals surface area contributed by atoms with Crippen LogP contribution in [0.5, 0.6) is 0 Å². The Morgan fingerprint density at radius 3 is 1.53 bits per heavy atom.